The molecule has 1 heterocycles. The van der Waals surface area contributed by atoms with Crippen LogP contribution < -0.4 is 11.1 Å². The Morgan fingerprint density at radius 1 is 1.56 bits per heavy atom. The summed E-state index contributed by atoms with van der Waals surface area (Å²) in [5.41, 5.74) is 1.92. The van der Waals surface area contributed by atoms with Gasteiger partial charge in [0.2, 0.25) is 0 Å². The van der Waals surface area contributed by atoms with Crippen molar-refractivity contribution in [2.24, 2.45) is 5.92 Å². The van der Waals surface area contributed by atoms with Gasteiger partial charge in [-0.2, -0.15) is 0 Å². The summed E-state index contributed by atoms with van der Waals surface area (Å²) in [6.07, 6.45) is 0.120. The Morgan fingerprint density at radius 3 is 3.06 bits per heavy atom. The fraction of sp³-hybridized carbons (Fsp3) is 0.333. The Hall–Kier alpha value is -2.24. The van der Waals surface area contributed by atoms with Crippen LogP contribution in [0, 0.1) is 5.92 Å². The van der Waals surface area contributed by atoms with Gasteiger partial charge in [-0.05, 0) is 18.1 Å². The van der Waals surface area contributed by atoms with Crippen molar-refractivity contribution in [3.63, 3.8) is 0 Å². The van der Waals surface area contributed by atoms with Crippen LogP contribution in [-0.4, -0.2) is 22.6 Å². The molecule has 0 aliphatic rings. The molecule has 1 aromatic carbocycles. The minimum absolute atomic E-state index is 0.0245. The number of oxazole rings is 1. The third-order valence-corrected chi connectivity index (χ3v) is 2.60. The number of carboxylic acids is 1. The van der Waals surface area contributed by atoms with Gasteiger partial charge in [0.1, 0.15) is 0 Å². The van der Waals surface area contributed by atoms with Crippen LogP contribution in [-0.2, 0) is 4.79 Å². The third kappa shape index (κ3) is 2.91. The van der Waals surface area contributed by atoms with Crippen molar-refractivity contribution in [3.05, 3.63) is 28.7 Å². The summed E-state index contributed by atoms with van der Waals surface area (Å²) in [7, 11) is 0. The zero-order chi connectivity index (χ0) is 13.1. The van der Waals surface area contributed by atoms with Gasteiger partial charge in [-0.25, -0.2) is 4.79 Å². The number of fused-ring (bicyclic) bond motifs is 1. The lowest BCUT2D eigenvalue weighted by Crippen LogP contribution is -2.14. The number of aromatic nitrogens is 1. The number of hydrogen-bond donors (Lipinski definition) is 3. The maximum atomic E-state index is 11.0. The molecule has 0 amide bonds. The molecule has 6 nitrogen and oxygen atoms in total. The van der Waals surface area contributed by atoms with E-state index in [4.69, 9.17) is 9.52 Å². The second-order valence-electron chi connectivity index (χ2n) is 4.31. The molecule has 0 fully saturated rings. The van der Waals surface area contributed by atoms with Crippen molar-refractivity contribution < 1.29 is 14.3 Å². The molecule has 2 rings (SSSR count). The SMILES string of the molecule is CC(CNc1ccc2[nH]c(=O)oc2c1)CC(=O)O. The monoisotopic (exact) mass is 250 g/mol. The number of carboxylic acid groups (broad SMARTS) is 1. The van der Waals surface area contributed by atoms with Crippen LogP contribution in [0.4, 0.5) is 5.69 Å². The minimum Gasteiger partial charge on any atom is -0.481 e. The molecule has 96 valence electrons. The first-order valence-electron chi connectivity index (χ1n) is 5.63. The molecule has 3 N–H and O–H groups in total. The average Bonchev–Trinajstić information content (AvgIpc) is 2.64. The summed E-state index contributed by atoms with van der Waals surface area (Å²) in [6, 6.07) is 5.26. The van der Waals surface area contributed by atoms with Gasteiger partial charge in [0.05, 0.1) is 5.52 Å². The van der Waals surface area contributed by atoms with E-state index >= 15 is 0 Å². The van der Waals surface area contributed by atoms with E-state index in [2.05, 4.69) is 10.3 Å². The molecular formula is C12H14N2O4. The number of benzene rings is 1. The summed E-state index contributed by atoms with van der Waals surface area (Å²) in [5.74, 6) is -1.27. The zero-order valence-corrected chi connectivity index (χ0v) is 9.90. The molecule has 0 aliphatic carbocycles. The largest absolute Gasteiger partial charge is 0.481 e. The van der Waals surface area contributed by atoms with Crippen LogP contribution in [0.15, 0.2) is 27.4 Å². The van der Waals surface area contributed by atoms with Crippen LogP contribution in [0.5, 0.6) is 0 Å². The minimum atomic E-state index is -0.809. The highest BCUT2D eigenvalue weighted by Crippen LogP contribution is 2.16. The molecule has 0 radical (unpaired) electrons. The fourth-order valence-corrected chi connectivity index (χ4v) is 1.72. The van der Waals surface area contributed by atoms with Crippen molar-refractivity contribution in [1.29, 1.82) is 0 Å². The van der Waals surface area contributed by atoms with Crippen molar-refractivity contribution in [3.8, 4) is 0 Å². The molecule has 0 bridgehead atoms. The standard InChI is InChI=1S/C12H14N2O4/c1-7(4-11(15)16)6-13-8-2-3-9-10(5-8)18-12(17)14-9/h2-3,5,7,13H,4,6H2,1H3,(H,14,17)(H,15,16). The molecule has 0 saturated carbocycles. The van der Waals surface area contributed by atoms with Gasteiger partial charge in [0.25, 0.3) is 0 Å². The summed E-state index contributed by atoms with van der Waals surface area (Å²) in [4.78, 5) is 24.0. The number of H-pyrrole nitrogens is 1. The molecule has 0 aliphatic heterocycles. The highest BCUT2D eigenvalue weighted by molar-refractivity contribution is 5.76. The Bertz CT molecular complexity index is 614. The normalized spacial score (nSPS) is 12.5. The zero-order valence-electron chi connectivity index (χ0n) is 9.90. The lowest BCUT2D eigenvalue weighted by molar-refractivity contribution is -0.137. The number of aromatic amines is 1. The molecule has 6 heteroatoms. The van der Waals surface area contributed by atoms with Gasteiger partial charge in [0.15, 0.2) is 5.58 Å². The van der Waals surface area contributed by atoms with Gasteiger partial charge < -0.3 is 14.8 Å². The smallest absolute Gasteiger partial charge is 0.417 e. The molecule has 1 unspecified atom stereocenters. The summed E-state index contributed by atoms with van der Waals surface area (Å²) in [5, 5.41) is 11.8. The van der Waals surface area contributed by atoms with Crippen molar-refractivity contribution in [1.82, 2.24) is 4.98 Å². The maximum absolute atomic E-state index is 11.0. The van der Waals surface area contributed by atoms with Gasteiger partial charge in [-0.1, -0.05) is 6.92 Å². The van der Waals surface area contributed by atoms with Crippen LogP contribution >= 0.6 is 0 Å². The molecule has 2 aromatic rings. The van der Waals surface area contributed by atoms with E-state index in [9.17, 15) is 9.59 Å². The van der Waals surface area contributed by atoms with E-state index in [1.165, 1.54) is 0 Å². The number of rotatable bonds is 5. The van der Waals surface area contributed by atoms with E-state index in [1.54, 1.807) is 18.2 Å². The first-order valence-corrected chi connectivity index (χ1v) is 5.63. The van der Waals surface area contributed by atoms with Gasteiger partial charge >= 0.3 is 11.7 Å². The maximum Gasteiger partial charge on any atom is 0.417 e. The highest BCUT2D eigenvalue weighted by Gasteiger charge is 2.08. The number of hydrogen-bond acceptors (Lipinski definition) is 4. The Labute approximate surface area is 103 Å². The molecule has 0 spiro atoms. The lowest BCUT2D eigenvalue weighted by Gasteiger charge is -2.11. The first-order chi connectivity index (χ1) is 8.54. The predicted molar refractivity (Wildman–Crippen MR) is 66.7 cm³/mol. The van der Waals surface area contributed by atoms with Crippen molar-refractivity contribution in [2.75, 3.05) is 11.9 Å². The van der Waals surface area contributed by atoms with Crippen LogP contribution in [0.1, 0.15) is 13.3 Å². The Morgan fingerprint density at radius 2 is 2.33 bits per heavy atom. The molecule has 0 saturated heterocycles. The topological polar surface area (TPSA) is 95.3 Å². The summed E-state index contributed by atoms with van der Waals surface area (Å²) in [6.45, 7) is 2.41. The van der Waals surface area contributed by atoms with Crippen molar-refractivity contribution in [2.45, 2.75) is 13.3 Å². The average molecular weight is 250 g/mol. The van der Waals surface area contributed by atoms with Crippen LogP contribution in [0.25, 0.3) is 11.1 Å². The summed E-state index contributed by atoms with van der Waals surface area (Å²) >= 11 is 0. The highest BCUT2D eigenvalue weighted by atomic mass is 16.4. The number of nitrogens with one attached hydrogen (secondary N) is 2. The van der Waals surface area contributed by atoms with Crippen molar-refractivity contribution >= 4 is 22.8 Å². The Kier molecular flexibility index (Phi) is 3.36. The predicted octanol–water partition coefficient (Wildman–Crippen LogP) is 1.64. The molecular weight excluding hydrogens is 236 g/mol. The lowest BCUT2D eigenvalue weighted by atomic mass is 10.1. The second kappa shape index (κ2) is 4.95. The van der Waals surface area contributed by atoms with Crippen LogP contribution in [0.2, 0.25) is 0 Å². The van der Waals surface area contributed by atoms with Gasteiger partial charge in [-0.15, -0.1) is 0 Å². The Balaban J connectivity index is 2.03. The van der Waals surface area contributed by atoms with E-state index in [1.807, 2.05) is 6.92 Å². The fourth-order valence-electron chi connectivity index (χ4n) is 1.72. The number of aliphatic carboxylic acids is 1. The number of anilines is 1. The van der Waals surface area contributed by atoms with Crippen LogP contribution in [0.3, 0.4) is 0 Å². The molecule has 18 heavy (non-hydrogen) atoms. The first kappa shape index (κ1) is 12.2. The van der Waals surface area contributed by atoms with Gasteiger partial charge in [-0.3, -0.25) is 9.78 Å². The van der Waals surface area contributed by atoms with E-state index in [-0.39, 0.29) is 12.3 Å². The quantitative estimate of drug-likeness (QED) is 0.749. The van der Waals surface area contributed by atoms with E-state index in [0.717, 1.165) is 5.69 Å². The molecule has 1 aromatic heterocycles. The molecule has 1 atom stereocenters. The second-order valence-corrected chi connectivity index (χ2v) is 4.31. The van der Waals surface area contributed by atoms with Gasteiger partial charge in [0, 0.05) is 24.7 Å². The van der Waals surface area contributed by atoms with E-state index in [0.29, 0.717) is 17.6 Å². The van der Waals surface area contributed by atoms with E-state index < -0.39 is 11.7 Å². The summed E-state index contributed by atoms with van der Waals surface area (Å²) < 4.78 is 4.93. The third-order valence-electron chi connectivity index (χ3n) is 2.60. The number of carbonyl (C=O) groups is 1.